The van der Waals surface area contributed by atoms with Crippen LogP contribution in [0.4, 0.5) is 4.39 Å². The van der Waals surface area contributed by atoms with Crippen LogP contribution in [0.1, 0.15) is 13.8 Å². The van der Waals surface area contributed by atoms with E-state index in [-0.39, 0.29) is 17.0 Å². The molecule has 106 valence electrons. The number of ether oxygens (including phenoxy) is 2. The Hall–Kier alpha value is -1.79. The molecule has 1 saturated heterocycles. The molecule has 0 aliphatic carbocycles. The van der Waals surface area contributed by atoms with E-state index in [1.165, 1.54) is 10.8 Å². The van der Waals surface area contributed by atoms with Gasteiger partial charge in [-0.2, -0.15) is 0 Å². The highest BCUT2D eigenvalue weighted by atomic mass is 19.1. The Kier molecular flexibility index (Phi) is 3.07. The van der Waals surface area contributed by atoms with Crippen molar-refractivity contribution in [3.63, 3.8) is 0 Å². The van der Waals surface area contributed by atoms with Crippen molar-refractivity contribution in [2.45, 2.75) is 32.3 Å². The van der Waals surface area contributed by atoms with Crippen LogP contribution in [0.15, 0.2) is 29.5 Å². The predicted octanol–water partition coefficient (Wildman–Crippen LogP) is 1.69. The van der Waals surface area contributed by atoms with Crippen LogP contribution >= 0.6 is 0 Å². The maximum absolute atomic E-state index is 13.7. The predicted molar refractivity (Wildman–Crippen MR) is 70.9 cm³/mol. The van der Waals surface area contributed by atoms with Crippen LogP contribution < -0.4 is 5.56 Å². The number of aromatic nitrogens is 2. The average Bonchev–Trinajstić information content (AvgIpc) is 2.72. The molecule has 0 aromatic carbocycles. The highest BCUT2D eigenvalue weighted by molar-refractivity contribution is 5.80. The highest BCUT2D eigenvalue weighted by Crippen LogP contribution is 2.23. The number of rotatable bonds is 2. The summed E-state index contributed by atoms with van der Waals surface area (Å²) >= 11 is 0. The van der Waals surface area contributed by atoms with Crippen molar-refractivity contribution in [3.8, 4) is 0 Å². The molecule has 0 bridgehead atoms. The van der Waals surface area contributed by atoms with Crippen molar-refractivity contribution in [1.29, 1.82) is 0 Å². The van der Waals surface area contributed by atoms with Gasteiger partial charge in [-0.25, -0.2) is 4.39 Å². The maximum Gasteiger partial charge on any atom is 0.261 e. The number of pyridine rings is 2. The molecule has 1 fully saturated rings. The Morgan fingerprint density at radius 1 is 1.50 bits per heavy atom. The van der Waals surface area contributed by atoms with E-state index in [2.05, 4.69) is 4.98 Å². The van der Waals surface area contributed by atoms with Crippen molar-refractivity contribution in [2.24, 2.45) is 0 Å². The Morgan fingerprint density at radius 3 is 3.00 bits per heavy atom. The zero-order chi connectivity index (χ0) is 14.3. The van der Waals surface area contributed by atoms with E-state index in [1.54, 1.807) is 12.3 Å². The van der Waals surface area contributed by atoms with Crippen LogP contribution in [-0.2, 0) is 16.0 Å². The summed E-state index contributed by atoms with van der Waals surface area (Å²) in [5, 5.41) is 0.552. The second kappa shape index (κ2) is 4.64. The van der Waals surface area contributed by atoms with Crippen LogP contribution in [0.2, 0.25) is 0 Å². The molecule has 5 nitrogen and oxygen atoms in total. The molecule has 3 heterocycles. The van der Waals surface area contributed by atoms with Crippen molar-refractivity contribution in [1.82, 2.24) is 9.55 Å². The lowest BCUT2D eigenvalue weighted by Crippen LogP contribution is -2.29. The van der Waals surface area contributed by atoms with Crippen LogP contribution in [0.5, 0.6) is 0 Å². The lowest BCUT2D eigenvalue weighted by molar-refractivity contribution is -0.139. The Morgan fingerprint density at radius 2 is 2.30 bits per heavy atom. The molecule has 2 aromatic rings. The first-order valence-electron chi connectivity index (χ1n) is 6.41. The molecule has 2 aromatic heterocycles. The Bertz CT molecular complexity index is 711. The first-order valence-corrected chi connectivity index (χ1v) is 6.41. The first-order chi connectivity index (χ1) is 9.46. The molecular formula is C14H15FN2O3. The van der Waals surface area contributed by atoms with Crippen LogP contribution in [0.25, 0.3) is 10.8 Å². The van der Waals surface area contributed by atoms with Gasteiger partial charge in [0.25, 0.3) is 5.56 Å². The monoisotopic (exact) mass is 278 g/mol. The molecule has 6 heteroatoms. The van der Waals surface area contributed by atoms with Crippen molar-refractivity contribution >= 4 is 10.8 Å². The van der Waals surface area contributed by atoms with Crippen LogP contribution in [0, 0.1) is 5.82 Å². The van der Waals surface area contributed by atoms with Gasteiger partial charge in [-0.15, -0.1) is 0 Å². The third kappa shape index (κ3) is 2.32. The topological polar surface area (TPSA) is 53.4 Å². The summed E-state index contributed by atoms with van der Waals surface area (Å²) in [6.07, 6.45) is 3.93. The number of halogens is 1. The third-order valence-corrected chi connectivity index (χ3v) is 3.31. The second-order valence-corrected chi connectivity index (χ2v) is 5.31. The fourth-order valence-electron chi connectivity index (χ4n) is 2.40. The summed E-state index contributed by atoms with van der Waals surface area (Å²) in [6.45, 7) is 4.39. The van der Waals surface area contributed by atoms with Gasteiger partial charge in [0.05, 0.1) is 24.7 Å². The van der Waals surface area contributed by atoms with E-state index in [0.717, 1.165) is 6.20 Å². The summed E-state index contributed by atoms with van der Waals surface area (Å²) in [7, 11) is 0. The van der Waals surface area contributed by atoms with Crippen molar-refractivity contribution in [2.75, 3.05) is 6.61 Å². The van der Waals surface area contributed by atoms with Gasteiger partial charge in [-0.05, 0) is 19.9 Å². The molecule has 0 spiro atoms. The van der Waals surface area contributed by atoms with E-state index >= 15 is 0 Å². The van der Waals surface area contributed by atoms with Gasteiger partial charge < -0.3 is 14.0 Å². The fourth-order valence-corrected chi connectivity index (χ4v) is 2.40. The molecule has 3 rings (SSSR count). The quantitative estimate of drug-likeness (QED) is 0.839. The summed E-state index contributed by atoms with van der Waals surface area (Å²) in [5.41, 5.74) is -0.379. The van der Waals surface area contributed by atoms with Gasteiger partial charge in [0.2, 0.25) is 0 Å². The Labute approximate surface area is 115 Å². The van der Waals surface area contributed by atoms with Gasteiger partial charge >= 0.3 is 0 Å². The summed E-state index contributed by atoms with van der Waals surface area (Å²) in [4.78, 5) is 16.0. The molecule has 0 saturated carbocycles. The third-order valence-electron chi connectivity index (χ3n) is 3.31. The normalized spacial score (nSPS) is 21.4. The van der Waals surface area contributed by atoms with E-state index in [1.807, 2.05) is 13.8 Å². The molecule has 1 aliphatic heterocycles. The van der Waals surface area contributed by atoms with Gasteiger partial charge in [0, 0.05) is 17.8 Å². The lowest BCUT2D eigenvalue weighted by Gasteiger charge is -2.17. The zero-order valence-corrected chi connectivity index (χ0v) is 11.3. The molecule has 0 amide bonds. The van der Waals surface area contributed by atoms with Crippen LogP contribution in [0.3, 0.4) is 0 Å². The number of hydrogen-bond donors (Lipinski definition) is 0. The lowest BCUT2D eigenvalue weighted by atomic mass is 10.2. The first kappa shape index (κ1) is 13.2. The van der Waals surface area contributed by atoms with Gasteiger partial charge in [0.1, 0.15) is 6.10 Å². The molecule has 0 N–H and O–H groups in total. The number of fused-ring (bicyclic) bond motifs is 1. The van der Waals surface area contributed by atoms with E-state index in [9.17, 15) is 9.18 Å². The molecule has 1 aliphatic rings. The van der Waals surface area contributed by atoms with Gasteiger partial charge in [0.15, 0.2) is 11.6 Å². The summed E-state index contributed by atoms with van der Waals surface area (Å²) in [6, 6.07) is 1.67. The molecule has 0 radical (unpaired) electrons. The van der Waals surface area contributed by atoms with E-state index < -0.39 is 11.6 Å². The van der Waals surface area contributed by atoms with Gasteiger partial charge in [-0.1, -0.05) is 0 Å². The number of nitrogens with zero attached hydrogens (tertiary/aromatic N) is 2. The SMILES string of the molecule is CC1(C)OCC(Cn2ccc3cncc(F)c3c2=O)O1. The summed E-state index contributed by atoms with van der Waals surface area (Å²) < 4.78 is 26.3. The van der Waals surface area contributed by atoms with Gasteiger partial charge in [-0.3, -0.25) is 9.78 Å². The fraction of sp³-hybridized carbons (Fsp3) is 0.429. The minimum Gasteiger partial charge on any atom is -0.348 e. The maximum atomic E-state index is 13.7. The smallest absolute Gasteiger partial charge is 0.261 e. The Balaban J connectivity index is 1.95. The van der Waals surface area contributed by atoms with Crippen molar-refractivity contribution < 1.29 is 13.9 Å². The molecule has 1 unspecified atom stereocenters. The van der Waals surface area contributed by atoms with E-state index in [0.29, 0.717) is 18.5 Å². The molecular weight excluding hydrogens is 263 g/mol. The second-order valence-electron chi connectivity index (χ2n) is 5.31. The number of hydrogen-bond acceptors (Lipinski definition) is 4. The molecule has 20 heavy (non-hydrogen) atoms. The summed E-state index contributed by atoms with van der Waals surface area (Å²) in [5.74, 6) is -1.24. The largest absolute Gasteiger partial charge is 0.348 e. The van der Waals surface area contributed by atoms with E-state index in [4.69, 9.17) is 9.47 Å². The average molecular weight is 278 g/mol. The minimum absolute atomic E-state index is 0.0562. The highest BCUT2D eigenvalue weighted by Gasteiger charge is 2.32. The zero-order valence-electron chi connectivity index (χ0n) is 11.3. The van der Waals surface area contributed by atoms with Crippen molar-refractivity contribution in [3.05, 3.63) is 40.8 Å². The molecule has 1 atom stereocenters. The minimum atomic E-state index is -0.639. The standard InChI is InChI=1S/C14H15FN2O3/c1-14(2)19-8-10(20-14)7-17-4-3-9-5-16-6-11(15)12(9)13(17)18/h3-6,10H,7-8H2,1-2H3. The van der Waals surface area contributed by atoms with Crippen LogP contribution in [-0.4, -0.2) is 28.0 Å².